The first kappa shape index (κ1) is 16.9. The molecule has 1 aliphatic rings. The summed E-state index contributed by atoms with van der Waals surface area (Å²) >= 11 is 1.70. The number of fused-ring (bicyclic) bond motifs is 1. The number of non-ortho nitro benzene ring substituents is 1. The number of nitrogens with one attached hydrogen (secondary N) is 1. The van der Waals surface area contributed by atoms with Crippen molar-refractivity contribution in [2.45, 2.75) is 13.0 Å². The maximum Gasteiger partial charge on any atom is 0.270 e. The molecule has 3 N–H and O–H groups in total. The predicted octanol–water partition coefficient (Wildman–Crippen LogP) is 1.75. The Bertz CT molecular complexity index is 848. The van der Waals surface area contributed by atoms with Crippen molar-refractivity contribution in [1.82, 2.24) is 4.90 Å². The number of rotatable bonds is 5. The molecule has 1 aromatic heterocycles. The molecule has 0 atom stereocenters. The molecule has 0 unspecified atom stereocenters. The van der Waals surface area contributed by atoms with Crippen LogP contribution in [-0.2, 0) is 17.8 Å². The molecule has 8 nitrogen and oxygen atoms in total. The number of hydrogen-bond acceptors (Lipinski definition) is 6. The molecular weight excluding hydrogens is 344 g/mol. The number of benzene rings is 1. The number of nitro benzene ring substituents is 1. The van der Waals surface area contributed by atoms with Crippen molar-refractivity contribution < 1.29 is 14.5 Å². The summed E-state index contributed by atoms with van der Waals surface area (Å²) in [5.74, 6) is -0.898. The molecule has 0 saturated carbocycles. The van der Waals surface area contributed by atoms with Crippen molar-refractivity contribution in [3.8, 4) is 0 Å². The zero-order chi connectivity index (χ0) is 18.0. The van der Waals surface area contributed by atoms with Gasteiger partial charge >= 0.3 is 0 Å². The lowest BCUT2D eigenvalue weighted by Gasteiger charge is -2.27. The second-order valence-corrected chi connectivity index (χ2v) is 6.64. The number of nitro groups is 1. The van der Waals surface area contributed by atoms with Crippen LogP contribution in [0.5, 0.6) is 0 Å². The molecule has 1 aliphatic heterocycles. The smallest absolute Gasteiger partial charge is 0.270 e. The first-order valence-corrected chi connectivity index (χ1v) is 8.49. The normalized spacial score (nSPS) is 13.2. The van der Waals surface area contributed by atoms with Crippen molar-refractivity contribution >= 4 is 34.5 Å². The van der Waals surface area contributed by atoms with Crippen molar-refractivity contribution in [3.05, 3.63) is 55.8 Å². The van der Waals surface area contributed by atoms with E-state index in [2.05, 4.69) is 5.32 Å². The highest BCUT2D eigenvalue weighted by molar-refractivity contribution is 7.10. The Labute approximate surface area is 147 Å². The second kappa shape index (κ2) is 6.89. The van der Waals surface area contributed by atoms with Crippen LogP contribution in [0.2, 0.25) is 0 Å². The summed E-state index contributed by atoms with van der Waals surface area (Å²) in [6.07, 6.45) is 0.836. The lowest BCUT2D eigenvalue weighted by atomic mass is 10.1. The fourth-order valence-electron chi connectivity index (χ4n) is 2.75. The fraction of sp³-hybridized carbons (Fsp3) is 0.250. The highest BCUT2D eigenvalue weighted by atomic mass is 32.1. The maximum atomic E-state index is 12.4. The Morgan fingerprint density at radius 3 is 2.88 bits per heavy atom. The largest absolute Gasteiger partial charge is 0.375 e. The monoisotopic (exact) mass is 360 g/mol. The van der Waals surface area contributed by atoms with E-state index in [9.17, 15) is 19.7 Å². The van der Waals surface area contributed by atoms with Crippen LogP contribution in [0.1, 0.15) is 20.8 Å². The van der Waals surface area contributed by atoms with Crippen LogP contribution in [0.25, 0.3) is 0 Å². The number of nitrogens with two attached hydrogens (primary N) is 1. The Morgan fingerprint density at radius 2 is 2.16 bits per heavy atom. The summed E-state index contributed by atoms with van der Waals surface area (Å²) in [6, 6.07) is 5.78. The van der Waals surface area contributed by atoms with Gasteiger partial charge in [0.25, 0.3) is 11.6 Å². The van der Waals surface area contributed by atoms with Crippen LogP contribution in [0.3, 0.4) is 0 Å². The molecule has 2 heterocycles. The van der Waals surface area contributed by atoms with E-state index in [0.717, 1.165) is 18.1 Å². The topological polar surface area (TPSA) is 119 Å². The molecule has 3 rings (SSSR count). The summed E-state index contributed by atoms with van der Waals surface area (Å²) < 4.78 is 0. The molecule has 0 saturated heterocycles. The van der Waals surface area contributed by atoms with E-state index in [1.165, 1.54) is 17.0 Å². The molecule has 25 heavy (non-hydrogen) atoms. The Balaban J connectivity index is 1.68. The van der Waals surface area contributed by atoms with Gasteiger partial charge in [0.15, 0.2) is 0 Å². The number of carbonyl (C=O) groups excluding carboxylic acids is 2. The Morgan fingerprint density at radius 1 is 1.36 bits per heavy atom. The van der Waals surface area contributed by atoms with E-state index in [-0.39, 0.29) is 23.7 Å². The minimum atomic E-state index is -0.792. The van der Waals surface area contributed by atoms with Crippen LogP contribution >= 0.6 is 11.3 Å². The molecule has 130 valence electrons. The molecule has 0 spiro atoms. The van der Waals surface area contributed by atoms with Gasteiger partial charge in [0.05, 0.1) is 17.0 Å². The van der Waals surface area contributed by atoms with Gasteiger partial charge in [-0.1, -0.05) is 0 Å². The van der Waals surface area contributed by atoms with Crippen LogP contribution in [0.4, 0.5) is 11.4 Å². The van der Waals surface area contributed by atoms with E-state index in [4.69, 9.17) is 5.73 Å². The SMILES string of the molecule is NC(=O)c1cc([N+](=O)[O-])ccc1NCC(=O)N1CCc2sccc2C1. The zero-order valence-electron chi connectivity index (χ0n) is 13.2. The summed E-state index contributed by atoms with van der Waals surface area (Å²) in [5, 5.41) is 15.7. The van der Waals surface area contributed by atoms with Gasteiger partial charge in [-0.05, 0) is 29.5 Å². The van der Waals surface area contributed by atoms with Gasteiger partial charge in [0.2, 0.25) is 5.91 Å². The van der Waals surface area contributed by atoms with Gasteiger partial charge in [-0.15, -0.1) is 11.3 Å². The lowest BCUT2D eigenvalue weighted by Crippen LogP contribution is -2.39. The third-order valence-electron chi connectivity index (χ3n) is 4.07. The van der Waals surface area contributed by atoms with Gasteiger partial charge in [0, 0.05) is 35.8 Å². The Hall–Kier alpha value is -2.94. The summed E-state index contributed by atoms with van der Waals surface area (Å²) in [5.41, 5.74) is 6.51. The molecule has 2 aromatic rings. The summed E-state index contributed by atoms with van der Waals surface area (Å²) in [6.45, 7) is 1.21. The number of anilines is 1. The van der Waals surface area contributed by atoms with Gasteiger partial charge in [-0.3, -0.25) is 19.7 Å². The van der Waals surface area contributed by atoms with Crippen LogP contribution in [0, 0.1) is 10.1 Å². The average Bonchev–Trinajstić information content (AvgIpc) is 3.06. The quantitative estimate of drug-likeness (QED) is 0.622. The van der Waals surface area contributed by atoms with Gasteiger partial charge in [0.1, 0.15) is 0 Å². The van der Waals surface area contributed by atoms with Gasteiger partial charge in [-0.2, -0.15) is 0 Å². The number of nitrogens with zero attached hydrogens (tertiary/aromatic N) is 2. The molecule has 0 aliphatic carbocycles. The molecule has 1 aromatic carbocycles. The summed E-state index contributed by atoms with van der Waals surface area (Å²) in [7, 11) is 0. The lowest BCUT2D eigenvalue weighted by molar-refractivity contribution is -0.384. The second-order valence-electron chi connectivity index (χ2n) is 5.64. The number of amides is 2. The predicted molar refractivity (Wildman–Crippen MR) is 93.5 cm³/mol. The maximum absolute atomic E-state index is 12.4. The van der Waals surface area contributed by atoms with E-state index < -0.39 is 10.8 Å². The van der Waals surface area contributed by atoms with E-state index in [1.54, 1.807) is 16.2 Å². The number of carbonyl (C=O) groups is 2. The molecular formula is C16H16N4O4S. The third-order valence-corrected chi connectivity index (χ3v) is 5.09. The van der Waals surface area contributed by atoms with Crippen LogP contribution in [0.15, 0.2) is 29.6 Å². The van der Waals surface area contributed by atoms with Crippen molar-refractivity contribution in [2.75, 3.05) is 18.4 Å². The highest BCUT2D eigenvalue weighted by Crippen LogP contribution is 2.25. The highest BCUT2D eigenvalue weighted by Gasteiger charge is 2.22. The molecule has 9 heteroatoms. The van der Waals surface area contributed by atoms with Gasteiger partial charge < -0.3 is 16.0 Å². The first-order valence-electron chi connectivity index (χ1n) is 7.61. The number of primary amides is 1. The number of hydrogen-bond donors (Lipinski definition) is 2. The summed E-state index contributed by atoms with van der Waals surface area (Å²) in [4.78, 5) is 37.2. The number of thiophene rings is 1. The minimum Gasteiger partial charge on any atom is -0.375 e. The van der Waals surface area contributed by atoms with E-state index in [1.807, 2.05) is 11.4 Å². The molecule has 2 amide bonds. The van der Waals surface area contributed by atoms with Gasteiger partial charge in [-0.25, -0.2) is 0 Å². The average molecular weight is 360 g/mol. The zero-order valence-corrected chi connectivity index (χ0v) is 14.0. The van der Waals surface area contributed by atoms with Crippen molar-refractivity contribution in [2.24, 2.45) is 5.73 Å². The van der Waals surface area contributed by atoms with Crippen molar-refractivity contribution in [1.29, 1.82) is 0 Å². The standard InChI is InChI=1S/C16H16N4O4S/c17-16(22)12-7-11(20(23)24)1-2-13(12)18-8-15(21)19-5-3-14-10(9-19)4-6-25-14/h1-2,4,6-7,18H,3,5,8-9H2,(H2,17,22). The minimum absolute atomic E-state index is 0.0132. The van der Waals surface area contributed by atoms with E-state index >= 15 is 0 Å². The Kier molecular flexibility index (Phi) is 4.66. The van der Waals surface area contributed by atoms with Crippen LogP contribution < -0.4 is 11.1 Å². The van der Waals surface area contributed by atoms with Crippen LogP contribution in [-0.4, -0.2) is 34.7 Å². The fourth-order valence-corrected chi connectivity index (χ4v) is 3.64. The molecule has 0 bridgehead atoms. The first-order chi connectivity index (χ1) is 12.0. The van der Waals surface area contributed by atoms with E-state index in [0.29, 0.717) is 18.8 Å². The molecule has 0 fully saturated rings. The molecule has 0 radical (unpaired) electrons. The van der Waals surface area contributed by atoms with Crippen molar-refractivity contribution in [3.63, 3.8) is 0 Å². The third kappa shape index (κ3) is 3.61.